The van der Waals surface area contributed by atoms with E-state index in [0.717, 1.165) is 24.8 Å². The van der Waals surface area contributed by atoms with Crippen LogP contribution >= 0.6 is 11.3 Å². The zero-order valence-corrected chi connectivity index (χ0v) is 19.9. The average Bonchev–Trinajstić information content (AvgIpc) is 3.12. The number of aromatic nitrogens is 2. The number of hydrogen-bond acceptors (Lipinski definition) is 6. The smallest absolute Gasteiger partial charge is 0.330 e. The van der Waals surface area contributed by atoms with Crippen molar-refractivity contribution in [3.8, 4) is 0 Å². The number of carbonyl (C=O) groups excluding carboxylic acids is 1. The first-order chi connectivity index (χ1) is 14.7. The maximum atomic E-state index is 13.5. The molecule has 0 radical (unpaired) electrons. The summed E-state index contributed by atoms with van der Waals surface area (Å²) in [4.78, 5) is 44.1. The number of aryl methyl sites for hydroxylation is 2. The molecule has 2 heterocycles. The molecule has 0 aliphatic carbocycles. The Morgan fingerprint density at radius 3 is 2.61 bits per heavy atom. The van der Waals surface area contributed by atoms with E-state index >= 15 is 0 Å². The van der Waals surface area contributed by atoms with E-state index in [4.69, 9.17) is 10.5 Å². The van der Waals surface area contributed by atoms with E-state index in [0.29, 0.717) is 24.4 Å². The second-order valence-electron chi connectivity index (χ2n) is 7.96. The van der Waals surface area contributed by atoms with E-state index in [1.807, 2.05) is 19.9 Å². The number of carbonyl (C=O) groups is 1. The topological polar surface area (TPSA) is 110 Å². The first-order valence-corrected chi connectivity index (χ1v) is 11.6. The van der Waals surface area contributed by atoms with E-state index in [1.54, 1.807) is 7.11 Å². The van der Waals surface area contributed by atoms with Crippen molar-refractivity contribution in [2.24, 2.45) is 5.92 Å². The van der Waals surface area contributed by atoms with Crippen LogP contribution in [-0.2, 0) is 24.1 Å². The van der Waals surface area contributed by atoms with Gasteiger partial charge in [-0.05, 0) is 36.8 Å². The predicted octanol–water partition coefficient (Wildman–Crippen LogP) is 3.03. The molecule has 0 aliphatic rings. The van der Waals surface area contributed by atoms with Gasteiger partial charge in [-0.15, -0.1) is 11.3 Å². The predicted molar refractivity (Wildman–Crippen MR) is 126 cm³/mol. The van der Waals surface area contributed by atoms with Crippen molar-refractivity contribution in [1.29, 1.82) is 0 Å². The van der Waals surface area contributed by atoms with Gasteiger partial charge in [-0.3, -0.25) is 24.0 Å². The van der Waals surface area contributed by atoms with Gasteiger partial charge in [0.15, 0.2) is 5.69 Å². The van der Waals surface area contributed by atoms with E-state index in [2.05, 4.69) is 18.8 Å². The molecule has 0 fully saturated rings. The highest BCUT2D eigenvalue weighted by Crippen LogP contribution is 2.28. The number of aromatic amines is 1. The molecule has 2 aromatic heterocycles. The number of anilines is 2. The molecule has 9 heteroatoms. The molecule has 31 heavy (non-hydrogen) atoms. The fourth-order valence-electron chi connectivity index (χ4n) is 3.51. The third-order valence-electron chi connectivity index (χ3n) is 4.97. The van der Waals surface area contributed by atoms with Gasteiger partial charge in [0.05, 0.1) is 4.88 Å². The largest absolute Gasteiger partial charge is 0.385 e. The third kappa shape index (κ3) is 5.86. The fourth-order valence-corrected chi connectivity index (χ4v) is 4.81. The van der Waals surface area contributed by atoms with Gasteiger partial charge in [-0.1, -0.05) is 34.1 Å². The molecule has 0 saturated carbocycles. The second-order valence-corrected chi connectivity index (χ2v) is 9.10. The van der Waals surface area contributed by atoms with Gasteiger partial charge < -0.3 is 10.5 Å². The van der Waals surface area contributed by atoms with Crippen molar-refractivity contribution < 1.29 is 9.53 Å². The monoisotopic (exact) mass is 450 g/mol. The van der Waals surface area contributed by atoms with Crippen molar-refractivity contribution >= 4 is 28.7 Å². The lowest BCUT2D eigenvalue weighted by atomic mass is 10.1. The van der Waals surface area contributed by atoms with Crippen LogP contribution in [0.4, 0.5) is 11.5 Å². The molecule has 172 valence electrons. The summed E-state index contributed by atoms with van der Waals surface area (Å²) in [6.07, 6.45) is 3.27. The lowest BCUT2D eigenvalue weighted by Crippen LogP contribution is -2.42. The van der Waals surface area contributed by atoms with E-state index in [-0.39, 0.29) is 29.9 Å². The number of rotatable bonds is 11. The van der Waals surface area contributed by atoms with Gasteiger partial charge in [0, 0.05) is 31.7 Å². The molecule has 0 atom stereocenters. The second kappa shape index (κ2) is 11.3. The molecule has 3 N–H and O–H groups in total. The molecule has 2 rings (SSSR count). The lowest BCUT2D eigenvalue weighted by molar-refractivity contribution is 0.0987. The van der Waals surface area contributed by atoms with Crippen LogP contribution in [0.25, 0.3) is 0 Å². The van der Waals surface area contributed by atoms with E-state index in [9.17, 15) is 14.4 Å². The Morgan fingerprint density at radius 1 is 1.32 bits per heavy atom. The highest BCUT2D eigenvalue weighted by atomic mass is 32.1. The van der Waals surface area contributed by atoms with Crippen LogP contribution in [-0.4, -0.2) is 35.7 Å². The summed E-state index contributed by atoms with van der Waals surface area (Å²) in [5.41, 5.74) is 6.23. The van der Waals surface area contributed by atoms with Gasteiger partial charge in [0.25, 0.3) is 11.5 Å². The number of nitrogen functional groups attached to an aromatic ring is 1. The summed E-state index contributed by atoms with van der Waals surface area (Å²) in [6, 6.07) is 1.91. The standard InChI is InChI=1S/C22H34N4O4S/c1-6-9-16-15(7-2)12-17(31-16)21(28)25(10-8-11-30-5)18-19(23)26(13-14(3)4)22(29)24-20(18)27/h12,14H,6-11,13,23H2,1-5H3,(H,24,27,29). The lowest BCUT2D eigenvalue weighted by Gasteiger charge is -2.24. The molecule has 2 aromatic rings. The number of ether oxygens (including phenoxy) is 1. The summed E-state index contributed by atoms with van der Waals surface area (Å²) in [5, 5.41) is 0. The minimum Gasteiger partial charge on any atom is -0.385 e. The van der Waals surface area contributed by atoms with Crippen LogP contribution in [0.2, 0.25) is 0 Å². The van der Waals surface area contributed by atoms with Crippen molar-refractivity contribution in [2.75, 3.05) is 30.9 Å². The van der Waals surface area contributed by atoms with Crippen molar-refractivity contribution in [2.45, 2.75) is 59.9 Å². The molecule has 0 aliphatic heterocycles. The first kappa shape index (κ1) is 24.9. The molecular weight excluding hydrogens is 416 g/mol. The van der Waals surface area contributed by atoms with Gasteiger partial charge in [0.2, 0.25) is 0 Å². The van der Waals surface area contributed by atoms with Crippen molar-refractivity contribution in [3.05, 3.63) is 42.2 Å². The maximum Gasteiger partial charge on any atom is 0.330 e. The molecule has 0 unspecified atom stereocenters. The minimum absolute atomic E-state index is 0.00858. The quantitative estimate of drug-likeness (QED) is 0.511. The summed E-state index contributed by atoms with van der Waals surface area (Å²) < 4.78 is 6.46. The van der Waals surface area contributed by atoms with Crippen LogP contribution in [0.5, 0.6) is 0 Å². The molecule has 0 saturated heterocycles. The SMILES string of the molecule is CCCc1sc(C(=O)N(CCCOC)c2c(N)n(CC(C)C)c(=O)[nH]c2=O)cc1CC. The Morgan fingerprint density at radius 2 is 2.03 bits per heavy atom. The van der Waals surface area contributed by atoms with Crippen LogP contribution in [0.3, 0.4) is 0 Å². The third-order valence-corrected chi connectivity index (χ3v) is 6.20. The van der Waals surface area contributed by atoms with Crippen LogP contribution in [0.1, 0.15) is 60.6 Å². The van der Waals surface area contributed by atoms with Crippen LogP contribution in [0.15, 0.2) is 15.7 Å². The number of thiophene rings is 1. The molecule has 0 aromatic carbocycles. The zero-order valence-electron chi connectivity index (χ0n) is 19.1. The van der Waals surface area contributed by atoms with Crippen molar-refractivity contribution in [3.63, 3.8) is 0 Å². The molecule has 0 spiro atoms. The van der Waals surface area contributed by atoms with Gasteiger partial charge >= 0.3 is 5.69 Å². The molecule has 0 bridgehead atoms. The Kier molecular flexibility index (Phi) is 9.06. The summed E-state index contributed by atoms with van der Waals surface area (Å²) in [6.45, 7) is 9.10. The van der Waals surface area contributed by atoms with Crippen LogP contribution in [0, 0.1) is 5.92 Å². The Balaban J connectivity index is 2.58. The number of nitrogens with one attached hydrogen (secondary N) is 1. The van der Waals surface area contributed by atoms with Gasteiger partial charge in [-0.25, -0.2) is 4.79 Å². The number of H-pyrrole nitrogens is 1. The molecule has 1 amide bonds. The summed E-state index contributed by atoms with van der Waals surface area (Å²) in [5.74, 6) is -0.142. The van der Waals surface area contributed by atoms with E-state index < -0.39 is 11.2 Å². The Hall–Kier alpha value is -2.39. The molecule has 8 nitrogen and oxygen atoms in total. The average molecular weight is 451 g/mol. The first-order valence-electron chi connectivity index (χ1n) is 10.8. The Bertz CT molecular complexity index is 1010. The van der Waals surface area contributed by atoms with Crippen LogP contribution < -0.4 is 21.9 Å². The molecular formula is C22H34N4O4S. The highest BCUT2D eigenvalue weighted by molar-refractivity contribution is 7.14. The van der Waals surface area contributed by atoms with Gasteiger partial charge in [-0.2, -0.15) is 0 Å². The number of nitrogens with two attached hydrogens (primary N) is 1. The number of methoxy groups -OCH3 is 1. The summed E-state index contributed by atoms with van der Waals surface area (Å²) in [7, 11) is 1.58. The maximum absolute atomic E-state index is 13.5. The number of nitrogens with zero attached hydrogens (tertiary/aromatic N) is 2. The highest BCUT2D eigenvalue weighted by Gasteiger charge is 2.27. The summed E-state index contributed by atoms with van der Waals surface area (Å²) >= 11 is 1.46. The zero-order chi connectivity index (χ0) is 23.1. The van der Waals surface area contributed by atoms with E-state index in [1.165, 1.54) is 25.7 Å². The normalized spacial score (nSPS) is 11.3. The van der Waals surface area contributed by atoms with Gasteiger partial charge in [0.1, 0.15) is 5.82 Å². The van der Waals surface area contributed by atoms with Crippen molar-refractivity contribution in [1.82, 2.24) is 9.55 Å². The number of amides is 1. The fraction of sp³-hybridized carbons (Fsp3) is 0.591. The minimum atomic E-state index is -0.658. The Labute approximate surface area is 187 Å². The number of hydrogen-bond donors (Lipinski definition) is 2.